The quantitative estimate of drug-likeness (QED) is 0.0560. The minimum atomic E-state index is 0.412. The molecule has 336 valence electrons. The van der Waals surface area contributed by atoms with Gasteiger partial charge in [-0.15, -0.1) is 0 Å². The molecule has 0 spiro atoms. The second-order valence-electron chi connectivity index (χ2n) is 17.0. The van der Waals surface area contributed by atoms with Gasteiger partial charge in [-0.2, -0.15) is 0 Å². The van der Waals surface area contributed by atoms with Crippen LogP contribution in [0, 0.1) is 20.8 Å². The number of hydrogen-bond acceptors (Lipinski definition) is 7. The molecule has 0 aliphatic heterocycles. The summed E-state index contributed by atoms with van der Waals surface area (Å²) in [5, 5.41) is 0. The number of rotatable bonds is 24. The predicted molar refractivity (Wildman–Crippen MR) is 266 cm³/mol. The van der Waals surface area contributed by atoms with E-state index in [9.17, 15) is 0 Å². The number of unbranched alkanes of at least 4 members (excludes halogenated alkanes) is 6. The minimum Gasteiger partial charge on any atom is -0.490 e. The van der Waals surface area contributed by atoms with Crippen molar-refractivity contribution in [1.29, 1.82) is 0 Å². The summed E-state index contributed by atoms with van der Waals surface area (Å²) in [4.78, 5) is 14.8. The smallest absolute Gasteiger partial charge is 0.164 e. The van der Waals surface area contributed by atoms with Crippen LogP contribution in [0.3, 0.4) is 0 Å². The van der Waals surface area contributed by atoms with Gasteiger partial charge in [0.25, 0.3) is 0 Å². The van der Waals surface area contributed by atoms with Crippen molar-refractivity contribution in [3.05, 3.63) is 161 Å². The third-order valence-corrected chi connectivity index (χ3v) is 11.8. The highest BCUT2D eigenvalue weighted by Gasteiger charge is 2.14. The Hall–Kier alpha value is -6.47. The first-order chi connectivity index (χ1) is 31.8. The SMILES string of the molecule is CCCCCCc1cc(-c2ccc(OCCOc3ccc(-c4nc(-c5ccc(C)cc5)nc(-c5ccc(OCCOc6ccc(C)cc6)cc5)n4)cc3)cc2)c(CCCCCC)cc1C. The Kier molecular flexibility index (Phi) is 17.2. The molecule has 0 N–H and O–H groups in total. The van der Waals surface area contributed by atoms with Gasteiger partial charge in [-0.05, 0) is 147 Å². The van der Waals surface area contributed by atoms with Crippen molar-refractivity contribution in [3.8, 4) is 68.3 Å². The zero-order valence-electron chi connectivity index (χ0n) is 39.1. The third-order valence-electron chi connectivity index (χ3n) is 11.8. The van der Waals surface area contributed by atoms with Crippen LogP contribution in [0.1, 0.15) is 93.0 Å². The highest BCUT2D eigenvalue weighted by molar-refractivity contribution is 5.70. The molecule has 0 aliphatic carbocycles. The zero-order chi connectivity index (χ0) is 45.2. The van der Waals surface area contributed by atoms with E-state index in [4.69, 9.17) is 33.9 Å². The Morgan fingerprint density at radius 1 is 0.354 bits per heavy atom. The molecule has 7 aromatic rings. The maximum Gasteiger partial charge on any atom is 0.164 e. The van der Waals surface area contributed by atoms with Gasteiger partial charge >= 0.3 is 0 Å². The van der Waals surface area contributed by atoms with Gasteiger partial charge in [-0.1, -0.05) is 124 Å². The van der Waals surface area contributed by atoms with Crippen LogP contribution in [-0.2, 0) is 12.8 Å². The Balaban J connectivity index is 0.965. The number of nitrogens with zero attached hydrogens (tertiary/aromatic N) is 3. The van der Waals surface area contributed by atoms with Gasteiger partial charge in [0.15, 0.2) is 17.5 Å². The number of aromatic nitrogens is 3. The summed E-state index contributed by atoms with van der Waals surface area (Å²) in [6.07, 6.45) is 12.4. The lowest BCUT2D eigenvalue weighted by atomic mass is 9.89. The predicted octanol–water partition coefficient (Wildman–Crippen LogP) is 14.6. The molecule has 0 unspecified atom stereocenters. The fraction of sp³-hybridized carbons (Fsp3) is 0.328. The van der Waals surface area contributed by atoms with Crippen LogP contribution in [0.15, 0.2) is 133 Å². The molecule has 0 bridgehead atoms. The largest absolute Gasteiger partial charge is 0.490 e. The average Bonchev–Trinajstić information content (AvgIpc) is 3.34. The van der Waals surface area contributed by atoms with E-state index in [1.165, 1.54) is 90.3 Å². The van der Waals surface area contributed by atoms with Crippen LogP contribution >= 0.6 is 0 Å². The lowest BCUT2D eigenvalue weighted by Gasteiger charge is -2.16. The summed E-state index contributed by atoms with van der Waals surface area (Å²) >= 11 is 0. The van der Waals surface area contributed by atoms with E-state index in [1.807, 2.05) is 84.9 Å². The van der Waals surface area contributed by atoms with E-state index in [0.29, 0.717) is 43.9 Å². The summed E-state index contributed by atoms with van der Waals surface area (Å²) in [6.45, 7) is 12.7. The van der Waals surface area contributed by atoms with Gasteiger partial charge < -0.3 is 18.9 Å². The van der Waals surface area contributed by atoms with Crippen molar-refractivity contribution in [2.45, 2.75) is 98.8 Å². The normalized spacial score (nSPS) is 11.1. The molecule has 7 heteroatoms. The van der Waals surface area contributed by atoms with Gasteiger partial charge in [0.2, 0.25) is 0 Å². The molecule has 1 aromatic heterocycles. The van der Waals surface area contributed by atoms with Gasteiger partial charge in [0.05, 0.1) is 0 Å². The van der Waals surface area contributed by atoms with E-state index < -0.39 is 0 Å². The molecule has 0 atom stereocenters. The first kappa shape index (κ1) is 46.5. The van der Waals surface area contributed by atoms with Crippen LogP contribution in [0.25, 0.3) is 45.3 Å². The maximum absolute atomic E-state index is 6.16. The maximum atomic E-state index is 6.16. The molecule has 0 aliphatic rings. The Labute approximate surface area is 387 Å². The molecule has 65 heavy (non-hydrogen) atoms. The summed E-state index contributed by atoms with van der Waals surface area (Å²) < 4.78 is 24.1. The van der Waals surface area contributed by atoms with Crippen LogP contribution in [0.4, 0.5) is 0 Å². The monoisotopic (exact) mass is 867 g/mol. The number of benzene rings is 6. The third kappa shape index (κ3) is 13.8. The van der Waals surface area contributed by atoms with Crippen molar-refractivity contribution < 1.29 is 18.9 Å². The number of hydrogen-bond donors (Lipinski definition) is 0. The fourth-order valence-electron chi connectivity index (χ4n) is 7.91. The molecular weight excluding hydrogens is 803 g/mol. The zero-order valence-corrected chi connectivity index (χ0v) is 39.1. The second kappa shape index (κ2) is 24.0. The van der Waals surface area contributed by atoms with E-state index >= 15 is 0 Å². The molecule has 0 saturated heterocycles. The molecule has 1 heterocycles. The van der Waals surface area contributed by atoms with Crippen LogP contribution < -0.4 is 18.9 Å². The fourth-order valence-corrected chi connectivity index (χ4v) is 7.91. The summed E-state index contributed by atoms with van der Waals surface area (Å²) in [6, 6.07) is 45.5. The first-order valence-electron chi connectivity index (χ1n) is 23.7. The topological polar surface area (TPSA) is 75.6 Å². The van der Waals surface area contributed by atoms with E-state index in [2.05, 4.69) is 83.1 Å². The molecule has 0 saturated carbocycles. The highest BCUT2D eigenvalue weighted by atomic mass is 16.5. The Morgan fingerprint density at radius 2 is 0.692 bits per heavy atom. The lowest BCUT2D eigenvalue weighted by Crippen LogP contribution is -2.09. The second-order valence-corrected chi connectivity index (χ2v) is 17.0. The van der Waals surface area contributed by atoms with Crippen molar-refractivity contribution in [2.75, 3.05) is 26.4 Å². The molecule has 6 aromatic carbocycles. The van der Waals surface area contributed by atoms with Crippen molar-refractivity contribution >= 4 is 0 Å². The summed E-state index contributed by atoms with van der Waals surface area (Å²) in [7, 11) is 0. The molecule has 0 amide bonds. The highest BCUT2D eigenvalue weighted by Crippen LogP contribution is 2.32. The van der Waals surface area contributed by atoms with Crippen LogP contribution in [0.5, 0.6) is 23.0 Å². The van der Waals surface area contributed by atoms with Crippen molar-refractivity contribution in [1.82, 2.24) is 15.0 Å². The van der Waals surface area contributed by atoms with Crippen molar-refractivity contribution in [3.63, 3.8) is 0 Å². The lowest BCUT2D eigenvalue weighted by molar-refractivity contribution is 0.217. The van der Waals surface area contributed by atoms with Crippen LogP contribution in [-0.4, -0.2) is 41.4 Å². The van der Waals surface area contributed by atoms with Crippen LogP contribution in [0.2, 0.25) is 0 Å². The minimum absolute atomic E-state index is 0.412. The molecule has 7 nitrogen and oxygen atoms in total. The first-order valence-corrected chi connectivity index (χ1v) is 23.7. The summed E-state index contributed by atoms with van der Waals surface area (Å²) in [5.74, 6) is 4.92. The standard InChI is InChI=1S/C58H65N3O4/c1-6-8-10-12-14-49-41-55(50(40-44(49)5)15-13-11-9-7-2)45-22-30-52(31-23-45)63-38-39-65-54-34-26-48(27-35-54)58-60-56(46-20-16-42(3)17-21-46)59-57(61-58)47-24-32-53(33-25-47)64-37-36-62-51-28-18-43(4)19-29-51/h16-35,40-41H,6-15,36-39H2,1-5H3. The Morgan fingerprint density at radius 3 is 1.09 bits per heavy atom. The molecule has 0 radical (unpaired) electrons. The van der Waals surface area contributed by atoms with Crippen molar-refractivity contribution in [2.24, 2.45) is 0 Å². The molecule has 7 rings (SSSR count). The Bertz CT molecular complexity index is 2520. The van der Waals surface area contributed by atoms with Gasteiger partial charge in [0.1, 0.15) is 49.4 Å². The van der Waals surface area contributed by atoms with E-state index in [1.54, 1.807) is 0 Å². The molecule has 0 fully saturated rings. The van der Waals surface area contributed by atoms with Gasteiger partial charge in [-0.25, -0.2) is 15.0 Å². The summed E-state index contributed by atoms with van der Waals surface area (Å²) in [5.41, 5.74) is 12.0. The van der Waals surface area contributed by atoms with E-state index in [-0.39, 0.29) is 0 Å². The number of aryl methyl sites for hydroxylation is 5. The number of ether oxygens (including phenoxy) is 4. The van der Waals surface area contributed by atoms with Gasteiger partial charge in [-0.3, -0.25) is 0 Å². The van der Waals surface area contributed by atoms with E-state index in [0.717, 1.165) is 52.5 Å². The van der Waals surface area contributed by atoms with Gasteiger partial charge in [0, 0.05) is 16.7 Å². The molecular formula is C58H65N3O4. The average molecular weight is 868 g/mol.